The van der Waals surface area contributed by atoms with Crippen LogP contribution in [0.1, 0.15) is 72.6 Å². The van der Waals surface area contributed by atoms with Crippen molar-refractivity contribution in [1.29, 1.82) is 0 Å². The molecule has 12 heteroatoms. The quantitative estimate of drug-likeness (QED) is 0.244. The average Bonchev–Trinajstić information content (AvgIpc) is 3.74. The van der Waals surface area contributed by atoms with E-state index in [1.165, 1.54) is 5.56 Å². The van der Waals surface area contributed by atoms with E-state index in [-0.39, 0.29) is 37.2 Å². The molecule has 12 nitrogen and oxygen atoms in total. The van der Waals surface area contributed by atoms with Crippen LogP contribution in [0.15, 0.2) is 76.3 Å². The number of carbonyl (C=O) groups excluding carboxylic acids is 2. The number of aliphatic hydroxyl groups is 2. The lowest BCUT2D eigenvalue weighted by Gasteiger charge is -2.31. The smallest absolute Gasteiger partial charge is 0.343 e. The highest BCUT2D eigenvalue weighted by Gasteiger charge is 2.46. The number of ether oxygens (including phenoxy) is 2. The number of esters is 2. The number of aryl methyl sites for hydroxylation is 1. The van der Waals surface area contributed by atoms with E-state index in [1.54, 1.807) is 35.1 Å². The minimum absolute atomic E-state index is 0.109. The predicted octanol–water partition coefficient (Wildman–Crippen LogP) is 4.72. The van der Waals surface area contributed by atoms with Crippen LogP contribution >= 0.6 is 0 Å². The van der Waals surface area contributed by atoms with Crippen molar-refractivity contribution < 1.29 is 29.3 Å². The van der Waals surface area contributed by atoms with Crippen LogP contribution in [-0.4, -0.2) is 41.3 Å². The summed E-state index contributed by atoms with van der Waals surface area (Å²) < 4.78 is 13.5. The van der Waals surface area contributed by atoms with Crippen LogP contribution in [-0.2, 0) is 63.0 Å². The molecular weight excluding hydrogens is 688 g/mol. The second-order valence-corrected chi connectivity index (χ2v) is 14.2. The van der Waals surface area contributed by atoms with Gasteiger partial charge in [-0.2, -0.15) is 0 Å². The Bertz CT molecular complexity index is 2770. The van der Waals surface area contributed by atoms with Crippen LogP contribution < -0.4 is 11.1 Å². The molecule has 6 aromatic rings. The SMILES string of the molecule is CCC1(O)C(=O)OCc2c1cc1n(c2=O)Cc2cc3ccccc3nc2-1.CCc1c2c(nc3ccccc13)-c1cc3c(c(=O)n1C2)COC(=O)C3(O)CC. The Morgan fingerprint density at radius 2 is 1.20 bits per heavy atom. The lowest BCUT2D eigenvalue weighted by Crippen LogP contribution is -2.44. The van der Waals surface area contributed by atoms with Crippen LogP contribution in [0.2, 0.25) is 0 Å². The lowest BCUT2D eigenvalue weighted by molar-refractivity contribution is -0.172. The Kier molecular flexibility index (Phi) is 7.53. The zero-order valence-electron chi connectivity index (χ0n) is 29.9. The van der Waals surface area contributed by atoms with Gasteiger partial charge >= 0.3 is 11.9 Å². The highest BCUT2D eigenvalue weighted by Crippen LogP contribution is 2.41. The molecule has 54 heavy (non-hydrogen) atoms. The van der Waals surface area contributed by atoms with Gasteiger partial charge in [0.2, 0.25) is 0 Å². The normalized spacial score (nSPS) is 20.2. The maximum Gasteiger partial charge on any atom is 0.343 e. The lowest BCUT2D eigenvalue weighted by atomic mass is 9.86. The molecule has 0 saturated heterocycles. The summed E-state index contributed by atoms with van der Waals surface area (Å²) in [5.41, 5.74) is 5.00. The summed E-state index contributed by atoms with van der Waals surface area (Å²) in [7, 11) is 0. The molecule has 0 radical (unpaired) electrons. The number of fused-ring (bicyclic) bond motifs is 10. The first-order valence-electron chi connectivity index (χ1n) is 18.2. The molecular formula is C42H36N4O8. The molecule has 2 N–H and O–H groups in total. The van der Waals surface area contributed by atoms with Crippen molar-refractivity contribution in [2.45, 2.75) is 77.5 Å². The topological polar surface area (TPSA) is 163 Å². The maximum absolute atomic E-state index is 13.2. The van der Waals surface area contributed by atoms with Crippen LogP contribution in [0, 0.1) is 0 Å². The number of nitrogens with zero attached hydrogens (tertiary/aromatic N) is 4. The van der Waals surface area contributed by atoms with Crippen LogP contribution in [0.3, 0.4) is 0 Å². The fourth-order valence-corrected chi connectivity index (χ4v) is 8.44. The van der Waals surface area contributed by atoms with Crippen molar-refractivity contribution in [3.05, 3.63) is 126 Å². The number of cyclic esters (lactones) is 2. The molecule has 0 bridgehead atoms. The Morgan fingerprint density at radius 1 is 0.667 bits per heavy atom. The maximum atomic E-state index is 13.2. The number of aromatic nitrogens is 4. The summed E-state index contributed by atoms with van der Waals surface area (Å²) in [4.78, 5) is 60.2. The van der Waals surface area contributed by atoms with Gasteiger partial charge in [-0.3, -0.25) is 9.59 Å². The number of rotatable bonds is 3. The first-order valence-corrected chi connectivity index (χ1v) is 18.2. The van der Waals surface area contributed by atoms with E-state index in [2.05, 4.69) is 13.0 Å². The van der Waals surface area contributed by atoms with Crippen molar-refractivity contribution in [1.82, 2.24) is 19.1 Å². The molecule has 2 aromatic carbocycles. The van der Waals surface area contributed by atoms with Crippen LogP contribution in [0.4, 0.5) is 0 Å². The molecule has 0 spiro atoms. The zero-order valence-corrected chi connectivity index (χ0v) is 29.9. The molecule has 0 aliphatic carbocycles. The molecule has 0 fully saturated rings. The fourth-order valence-electron chi connectivity index (χ4n) is 8.44. The summed E-state index contributed by atoms with van der Waals surface area (Å²) in [5.74, 6) is -1.41. The molecule has 2 atom stereocenters. The van der Waals surface area contributed by atoms with E-state index in [1.807, 2.05) is 48.5 Å². The number of carbonyl (C=O) groups is 2. The molecule has 272 valence electrons. The third kappa shape index (κ3) is 4.62. The number of hydrogen-bond donors (Lipinski definition) is 2. The van der Waals surface area contributed by atoms with Gasteiger partial charge in [0.05, 0.1) is 58.0 Å². The fraction of sp³-hybridized carbons (Fsp3) is 0.286. The minimum atomic E-state index is -1.80. The van der Waals surface area contributed by atoms with Gasteiger partial charge in [-0.15, -0.1) is 0 Å². The number of benzene rings is 2. The average molecular weight is 725 g/mol. The summed E-state index contributed by atoms with van der Waals surface area (Å²) in [6.07, 6.45) is 1.11. The summed E-state index contributed by atoms with van der Waals surface area (Å²) in [6, 6.07) is 21.3. The van der Waals surface area contributed by atoms with Gasteiger partial charge < -0.3 is 28.8 Å². The van der Waals surface area contributed by atoms with Crippen molar-refractivity contribution in [2.24, 2.45) is 0 Å². The van der Waals surface area contributed by atoms with E-state index < -0.39 is 23.1 Å². The highest BCUT2D eigenvalue weighted by molar-refractivity contribution is 5.89. The van der Waals surface area contributed by atoms with Gasteiger partial charge in [0.25, 0.3) is 11.1 Å². The zero-order chi connectivity index (χ0) is 37.7. The number of pyridine rings is 4. The number of para-hydroxylation sites is 2. The van der Waals surface area contributed by atoms with Crippen molar-refractivity contribution >= 4 is 33.7 Å². The van der Waals surface area contributed by atoms with E-state index in [4.69, 9.17) is 19.4 Å². The molecule has 0 saturated carbocycles. The van der Waals surface area contributed by atoms with Crippen LogP contribution in [0.25, 0.3) is 44.6 Å². The van der Waals surface area contributed by atoms with Gasteiger partial charge in [-0.05, 0) is 55.2 Å². The van der Waals surface area contributed by atoms with Crippen molar-refractivity contribution in [2.75, 3.05) is 0 Å². The largest absolute Gasteiger partial charge is 0.458 e. The summed E-state index contributed by atoms with van der Waals surface area (Å²) >= 11 is 0. The van der Waals surface area contributed by atoms with E-state index in [0.717, 1.165) is 50.7 Å². The van der Waals surface area contributed by atoms with E-state index in [0.29, 0.717) is 46.7 Å². The standard InChI is InChI=1S/C22H20N2O4.C20H16N2O4/c1-3-12-13-7-5-6-8-17(13)23-19-14(12)10-24-18(19)9-16-15(20(24)25)11-28-21(26)22(16,27)4-2;1-2-20(25)14-8-16-17-12(7-11-5-3-4-6-15(11)21-17)9-22(16)18(23)13(14)10-26-19(20)24/h5-9,27H,3-4,10-11H2,1-2H3;3-8,25H,2,9-10H2,1H3. The second-order valence-electron chi connectivity index (χ2n) is 14.2. The van der Waals surface area contributed by atoms with Crippen LogP contribution in [0.5, 0.6) is 0 Å². The van der Waals surface area contributed by atoms with E-state index >= 15 is 0 Å². The molecule has 8 heterocycles. The Morgan fingerprint density at radius 3 is 1.81 bits per heavy atom. The Balaban J connectivity index is 0.000000143. The van der Waals surface area contributed by atoms with Gasteiger partial charge in [0.1, 0.15) is 13.2 Å². The molecule has 0 amide bonds. The summed E-state index contributed by atoms with van der Waals surface area (Å²) in [5, 5.41) is 23.9. The highest BCUT2D eigenvalue weighted by atomic mass is 16.6. The molecule has 10 rings (SSSR count). The first kappa shape index (κ1) is 33.8. The first-order chi connectivity index (χ1) is 26.0. The van der Waals surface area contributed by atoms with Gasteiger partial charge in [-0.25, -0.2) is 19.6 Å². The van der Waals surface area contributed by atoms with Gasteiger partial charge in [0, 0.05) is 33.0 Å². The van der Waals surface area contributed by atoms with Gasteiger partial charge in [-0.1, -0.05) is 57.2 Å². The predicted molar refractivity (Wildman–Crippen MR) is 198 cm³/mol. The third-order valence-electron chi connectivity index (χ3n) is 11.5. The molecule has 4 aliphatic heterocycles. The Hall–Kier alpha value is -5.98. The van der Waals surface area contributed by atoms with Crippen molar-refractivity contribution in [3.63, 3.8) is 0 Å². The molecule has 4 aromatic heterocycles. The summed E-state index contributed by atoms with van der Waals surface area (Å²) in [6.45, 7) is 6.14. The number of hydrogen-bond acceptors (Lipinski definition) is 10. The molecule has 4 aliphatic rings. The second kappa shape index (κ2) is 12.0. The van der Waals surface area contributed by atoms with Gasteiger partial charge in [0.15, 0.2) is 11.2 Å². The molecule has 2 unspecified atom stereocenters. The monoisotopic (exact) mass is 724 g/mol. The van der Waals surface area contributed by atoms with Crippen molar-refractivity contribution in [3.8, 4) is 22.8 Å². The van der Waals surface area contributed by atoms with E-state index in [9.17, 15) is 29.4 Å². The minimum Gasteiger partial charge on any atom is -0.458 e. The Labute approximate surface area is 308 Å². The third-order valence-corrected chi connectivity index (χ3v) is 11.5.